The highest BCUT2D eigenvalue weighted by molar-refractivity contribution is 7.07. The van der Waals surface area contributed by atoms with E-state index in [9.17, 15) is 9.59 Å². The molecular weight excluding hydrogens is 474 g/mol. The summed E-state index contributed by atoms with van der Waals surface area (Å²) in [6.45, 7) is 2.00. The number of thiazole rings is 1. The SMILES string of the molecule is CC1=C(C(=O)Nc2ccccc2)[C@H](c2ccccc2)n2c(s/c(=C\c3ccc4c(c3)OCO4)c2=O)=N1. The number of benzene rings is 3. The summed E-state index contributed by atoms with van der Waals surface area (Å²) in [6.07, 6.45) is 1.82. The molecule has 2 aliphatic rings. The molecule has 0 fully saturated rings. The maximum atomic E-state index is 13.7. The maximum absolute atomic E-state index is 13.7. The average molecular weight is 496 g/mol. The largest absolute Gasteiger partial charge is 0.454 e. The number of carbonyl (C=O) groups is 1. The van der Waals surface area contributed by atoms with Gasteiger partial charge >= 0.3 is 0 Å². The number of anilines is 1. The number of ether oxygens (including phenoxy) is 2. The van der Waals surface area contributed by atoms with Gasteiger partial charge in [0.1, 0.15) is 0 Å². The third-order valence-electron chi connectivity index (χ3n) is 6.11. The van der Waals surface area contributed by atoms with E-state index in [1.807, 2.05) is 91.9 Å². The van der Waals surface area contributed by atoms with Crippen LogP contribution < -0.4 is 29.7 Å². The molecule has 3 heterocycles. The van der Waals surface area contributed by atoms with Gasteiger partial charge in [-0.3, -0.25) is 14.2 Å². The molecule has 1 amide bonds. The average Bonchev–Trinajstić information content (AvgIpc) is 3.48. The topological polar surface area (TPSA) is 81.9 Å². The van der Waals surface area contributed by atoms with Crippen LogP contribution in [0.2, 0.25) is 0 Å². The number of hydrogen-bond acceptors (Lipinski definition) is 6. The van der Waals surface area contributed by atoms with E-state index in [2.05, 4.69) is 10.3 Å². The third-order valence-corrected chi connectivity index (χ3v) is 7.09. The Morgan fingerprint density at radius 1 is 1.03 bits per heavy atom. The standard InChI is InChI=1S/C28H21N3O4S/c1-17-24(26(32)30-20-10-6-3-7-11-20)25(19-8-4-2-5-9-19)31-27(33)23(36-28(31)29-17)15-18-12-13-21-22(14-18)35-16-34-21/h2-15,25H,16H2,1H3,(H,30,32)/b23-15-/t25-/m0/s1. The van der Waals surface area contributed by atoms with Crippen molar-refractivity contribution in [2.75, 3.05) is 12.1 Å². The van der Waals surface area contributed by atoms with Crippen molar-refractivity contribution in [2.45, 2.75) is 13.0 Å². The van der Waals surface area contributed by atoms with Crippen molar-refractivity contribution in [3.05, 3.63) is 121 Å². The van der Waals surface area contributed by atoms with Crippen molar-refractivity contribution in [1.82, 2.24) is 4.57 Å². The summed E-state index contributed by atoms with van der Waals surface area (Å²) < 4.78 is 13.0. The fourth-order valence-corrected chi connectivity index (χ4v) is 5.48. The molecule has 3 aromatic carbocycles. The Bertz CT molecular complexity index is 1690. The molecule has 1 N–H and O–H groups in total. The summed E-state index contributed by atoms with van der Waals surface area (Å²) in [5, 5.41) is 2.96. The van der Waals surface area contributed by atoms with Crippen molar-refractivity contribution >= 4 is 29.0 Å². The van der Waals surface area contributed by atoms with Gasteiger partial charge in [-0.1, -0.05) is 65.9 Å². The summed E-state index contributed by atoms with van der Waals surface area (Å²) in [6, 6.07) is 23.8. The number of carbonyl (C=O) groups excluding carboxylic acids is 1. The van der Waals surface area contributed by atoms with Gasteiger partial charge in [0, 0.05) is 5.69 Å². The van der Waals surface area contributed by atoms with Crippen molar-refractivity contribution < 1.29 is 14.3 Å². The van der Waals surface area contributed by atoms with Crippen LogP contribution in [0.5, 0.6) is 11.5 Å². The number of fused-ring (bicyclic) bond motifs is 2. The Balaban J connectivity index is 1.48. The van der Waals surface area contributed by atoms with Crippen LogP contribution in [0.25, 0.3) is 6.08 Å². The molecule has 6 rings (SSSR count). The van der Waals surface area contributed by atoms with Crippen LogP contribution in [-0.4, -0.2) is 17.3 Å². The van der Waals surface area contributed by atoms with Gasteiger partial charge in [0.2, 0.25) is 6.79 Å². The van der Waals surface area contributed by atoms with Crippen LogP contribution in [-0.2, 0) is 4.79 Å². The second-order valence-electron chi connectivity index (χ2n) is 8.43. The van der Waals surface area contributed by atoms with Gasteiger partial charge in [-0.05, 0) is 48.4 Å². The van der Waals surface area contributed by atoms with E-state index in [4.69, 9.17) is 9.47 Å². The van der Waals surface area contributed by atoms with Crippen LogP contribution in [0.3, 0.4) is 0 Å². The molecule has 1 aromatic heterocycles. The number of hydrogen-bond donors (Lipinski definition) is 1. The lowest BCUT2D eigenvalue weighted by Crippen LogP contribution is -2.40. The van der Waals surface area contributed by atoms with Gasteiger partial charge in [0.15, 0.2) is 16.3 Å². The predicted molar refractivity (Wildman–Crippen MR) is 138 cm³/mol. The Morgan fingerprint density at radius 2 is 1.75 bits per heavy atom. The second-order valence-corrected chi connectivity index (χ2v) is 9.43. The fraction of sp³-hybridized carbons (Fsp3) is 0.107. The van der Waals surface area contributed by atoms with Crippen LogP contribution >= 0.6 is 11.3 Å². The quantitative estimate of drug-likeness (QED) is 0.469. The zero-order chi connectivity index (χ0) is 24.6. The van der Waals surface area contributed by atoms with Crippen LogP contribution in [0.15, 0.2) is 99.9 Å². The third kappa shape index (κ3) is 3.91. The minimum atomic E-state index is -0.606. The monoisotopic (exact) mass is 495 g/mol. The van der Waals surface area contributed by atoms with Gasteiger partial charge in [0.25, 0.3) is 11.5 Å². The van der Waals surface area contributed by atoms with E-state index in [0.29, 0.717) is 37.8 Å². The van der Waals surface area contributed by atoms with E-state index in [-0.39, 0.29) is 18.3 Å². The molecule has 7 nitrogen and oxygen atoms in total. The van der Waals surface area contributed by atoms with Gasteiger partial charge in [-0.25, -0.2) is 4.99 Å². The lowest BCUT2D eigenvalue weighted by atomic mass is 9.95. The molecule has 36 heavy (non-hydrogen) atoms. The van der Waals surface area contributed by atoms with Crippen molar-refractivity contribution in [3.63, 3.8) is 0 Å². The first kappa shape index (κ1) is 22.1. The van der Waals surface area contributed by atoms with E-state index in [1.54, 1.807) is 4.57 Å². The summed E-state index contributed by atoms with van der Waals surface area (Å²) in [5.74, 6) is 1.04. The fourth-order valence-electron chi connectivity index (χ4n) is 4.44. The zero-order valence-corrected chi connectivity index (χ0v) is 20.1. The molecule has 0 unspecified atom stereocenters. The molecule has 0 spiro atoms. The number of nitrogens with zero attached hydrogens (tertiary/aromatic N) is 2. The highest BCUT2D eigenvalue weighted by atomic mass is 32.1. The highest BCUT2D eigenvalue weighted by Crippen LogP contribution is 2.33. The zero-order valence-electron chi connectivity index (χ0n) is 19.3. The number of aromatic nitrogens is 1. The van der Waals surface area contributed by atoms with Crippen LogP contribution in [0.1, 0.15) is 24.1 Å². The van der Waals surface area contributed by atoms with Crippen LogP contribution in [0, 0.1) is 0 Å². The molecule has 0 saturated carbocycles. The molecule has 0 saturated heterocycles. The minimum Gasteiger partial charge on any atom is -0.454 e. The molecule has 0 aliphatic carbocycles. The Labute approximate surface area is 210 Å². The summed E-state index contributed by atoms with van der Waals surface area (Å²) in [4.78, 5) is 32.5. The van der Waals surface area contributed by atoms with Crippen molar-refractivity contribution in [1.29, 1.82) is 0 Å². The molecule has 0 radical (unpaired) electrons. The van der Waals surface area contributed by atoms with Crippen molar-refractivity contribution in [2.24, 2.45) is 4.99 Å². The molecule has 178 valence electrons. The Kier molecular flexibility index (Phi) is 5.50. The van der Waals surface area contributed by atoms with Crippen LogP contribution in [0.4, 0.5) is 5.69 Å². The first-order valence-corrected chi connectivity index (χ1v) is 12.2. The molecule has 0 bridgehead atoms. The number of rotatable bonds is 4. The predicted octanol–water partition coefficient (Wildman–Crippen LogP) is 3.60. The van der Waals surface area contributed by atoms with Crippen molar-refractivity contribution in [3.8, 4) is 11.5 Å². The molecule has 4 aromatic rings. The number of para-hydroxylation sites is 1. The lowest BCUT2D eigenvalue weighted by Gasteiger charge is -2.25. The molecule has 8 heteroatoms. The van der Waals surface area contributed by atoms with Gasteiger partial charge in [-0.15, -0.1) is 0 Å². The Hall–Kier alpha value is -4.43. The smallest absolute Gasteiger partial charge is 0.271 e. The number of allylic oxidation sites excluding steroid dienone is 1. The molecule has 2 aliphatic heterocycles. The Morgan fingerprint density at radius 3 is 2.53 bits per heavy atom. The highest BCUT2D eigenvalue weighted by Gasteiger charge is 2.32. The normalized spacial score (nSPS) is 16.5. The molecular formula is C28H21N3O4S. The van der Waals surface area contributed by atoms with E-state index >= 15 is 0 Å². The van der Waals surface area contributed by atoms with E-state index in [1.165, 1.54) is 11.3 Å². The lowest BCUT2D eigenvalue weighted by molar-refractivity contribution is -0.113. The van der Waals surface area contributed by atoms with E-state index in [0.717, 1.165) is 11.1 Å². The number of nitrogens with one attached hydrogen (secondary N) is 1. The molecule has 1 atom stereocenters. The first-order valence-electron chi connectivity index (χ1n) is 11.4. The number of amides is 1. The summed E-state index contributed by atoms with van der Waals surface area (Å²) in [7, 11) is 0. The van der Waals surface area contributed by atoms with Gasteiger partial charge < -0.3 is 14.8 Å². The first-order chi connectivity index (χ1) is 17.6. The van der Waals surface area contributed by atoms with E-state index < -0.39 is 6.04 Å². The minimum absolute atomic E-state index is 0.186. The second kappa shape index (κ2) is 8.98. The maximum Gasteiger partial charge on any atom is 0.271 e. The summed E-state index contributed by atoms with van der Waals surface area (Å²) in [5.41, 5.74) is 3.14. The summed E-state index contributed by atoms with van der Waals surface area (Å²) >= 11 is 1.30. The van der Waals surface area contributed by atoms with Gasteiger partial charge in [-0.2, -0.15) is 0 Å². The van der Waals surface area contributed by atoms with Gasteiger partial charge in [0.05, 0.1) is 21.8 Å².